The van der Waals surface area contributed by atoms with E-state index in [1.54, 1.807) is 12.1 Å². The number of rotatable bonds is 7. The first-order valence-corrected chi connectivity index (χ1v) is 25.7. The van der Waals surface area contributed by atoms with E-state index in [0.717, 1.165) is 133 Å². The molecule has 2 aromatic heterocycles. The monoisotopic (exact) mass is 993 g/mol. The highest BCUT2D eigenvalue weighted by Gasteiger charge is 2.35. The van der Waals surface area contributed by atoms with Crippen molar-refractivity contribution in [3.8, 4) is 73.1 Å². The van der Waals surface area contributed by atoms with E-state index in [4.69, 9.17) is 0 Å². The summed E-state index contributed by atoms with van der Waals surface area (Å²) in [6.07, 6.45) is -4.77. The maximum absolute atomic E-state index is 16.3. The lowest BCUT2D eigenvalue weighted by Crippen LogP contribution is -2.11. The molecule has 0 aliphatic heterocycles. The molecule has 3 nitrogen and oxygen atoms in total. The molecule has 10 aromatic carbocycles. The smallest absolute Gasteiger partial charge is 0.308 e. The number of hydrogen-bond acceptors (Lipinski definition) is 1. The lowest BCUT2D eigenvalue weighted by Gasteiger charge is -2.23. The number of halogens is 3. The van der Waals surface area contributed by atoms with E-state index in [2.05, 4.69) is 207 Å². The van der Waals surface area contributed by atoms with Gasteiger partial charge in [0.1, 0.15) is 0 Å². The van der Waals surface area contributed by atoms with Gasteiger partial charge in [-0.05, 0) is 154 Å². The number of benzene rings is 10. The Kier molecular flexibility index (Phi) is 11.5. The van der Waals surface area contributed by atoms with Crippen LogP contribution in [0.15, 0.2) is 182 Å². The van der Waals surface area contributed by atoms with Crippen molar-refractivity contribution in [1.29, 1.82) is 5.26 Å². The van der Waals surface area contributed by atoms with Crippen molar-refractivity contribution in [3.05, 3.63) is 238 Å². The summed E-state index contributed by atoms with van der Waals surface area (Å²) in [5, 5.41) is 14.1. The minimum Gasteiger partial charge on any atom is -0.308 e. The van der Waals surface area contributed by atoms with Crippen LogP contribution >= 0.6 is 0 Å². The third-order valence-electron chi connectivity index (χ3n) is 14.9. The third kappa shape index (κ3) is 8.52. The molecular weight excluding hydrogens is 940 g/mol. The number of nitriles is 1. The Morgan fingerprint density at radius 1 is 0.329 bits per heavy atom. The zero-order valence-corrected chi connectivity index (χ0v) is 43.8. The van der Waals surface area contributed by atoms with Gasteiger partial charge in [0, 0.05) is 27.1 Å². The molecule has 2 heterocycles. The van der Waals surface area contributed by atoms with Crippen LogP contribution < -0.4 is 0 Å². The van der Waals surface area contributed by atoms with Crippen LogP contribution in [0.3, 0.4) is 0 Å². The first-order chi connectivity index (χ1) is 36.5. The molecule has 0 amide bonds. The van der Waals surface area contributed by atoms with Gasteiger partial charge in [-0.15, -0.1) is 0 Å². The van der Waals surface area contributed by atoms with Gasteiger partial charge in [-0.1, -0.05) is 178 Å². The molecule has 0 aliphatic rings. The molecule has 0 spiro atoms. The summed E-state index contributed by atoms with van der Waals surface area (Å²) in [4.78, 5) is 0. The number of hydrogen-bond donors (Lipinski definition) is 0. The first-order valence-electron chi connectivity index (χ1n) is 25.7. The highest BCUT2D eigenvalue weighted by atomic mass is 19.4. The molecule has 0 aliphatic carbocycles. The van der Waals surface area contributed by atoms with E-state index in [0.29, 0.717) is 28.1 Å². The Balaban J connectivity index is 1.28. The van der Waals surface area contributed by atoms with Crippen LogP contribution in [0.25, 0.3) is 111 Å². The van der Waals surface area contributed by atoms with Gasteiger partial charge in [-0.2, -0.15) is 18.4 Å². The maximum Gasteiger partial charge on any atom is 0.416 e. The maximum atomic E-state index is 16.3. The third-order valence-corrected chi connectivity index (χ3v) is 14.9. The summed E-state index contributed by atoms with van der Waals surface area (Å²) in [7, 11) is 0. The molecule has 0 unspecified atom stereocenters. The Labute approximate surface area is 441 Å². The van der Waals surface area contributed by atoms with E-state index in [-0.39, 0.29) is 0 Å². The number of nitrogens with zero attached hydrogens (tertiary/aromatic N) is 3. The van der Waals surface area contributed by atoms with Gasteiger partial charge in [0.2, 0.25) is 0 Å². The molecule has 0 N–H and O–H groups in total. The highest BCUT2D eigenvalue weighted by molar-refractivity contribution is 6.14. The van der Waals surface area contributed by atoms with Gasteiger partial charge >= 0.3 is 6.18 Å². The van der Waals surface area contributed by atoms with E-state index in [9.17, 15) is 5.26 Å². The Hall–Kier alpha value is -8.92. The van der Waals surface area contributed by atoms with Crippen LogP contribution in [0.1, 0.15) is 55.6 Å². The summed E-state index contributed by atoms with van der Waals surface area (Å²) < 4.78 is 53.1. The number of aromatic nitrogens is 2. The topological polar surface area (TPSA) is 33.6 Å². The number of fused-ring (bicyclic) bond motifs is 6. The molecule has 0 saturated heterocycles. The second kappa shape index (κ2) is 18.2. The zero-order chi connectivity index (χ0) is 52.9. The molecule has 0 bridgehead atoms. The molecule has 0 atom stereocenters. The molecule has 12 aromatic rings. The van der Waals surface area contributed by atoms with Gasteiger partial charge in [0.15, 0.2) is 0 Å². The molecule has 0 saturated carbocycles. The molecule has 370 valence electrons. The van der Waals surface area contributed by atoms with E-state index < -0.39 is 11.7 Å². The molecule has 0 radical (unpaired) electrons. The second-order valence-electron chi connectivity index (χ2n) is 21.2. The predicted octanol–water partition coefficient (Wildman–Crippen LogP) is 19.6. The standard InChI is InChI=1S/C70H54F3N3/c1-40-20-41(2)25-54(24-40)49-12-16-59-60-17-13-50(55-26-42(3)21-43(4)27-55)34-64(60)75(63(59)33-49)67-37-58(70(71,72)73)38-68(69(67)53-11-9-10-48(32-53)39-74)76-65-35-51(56-28-44(5)22-45(6)29-56)14-18-61(65)62-19-15-52(36-66(62)76)57-30-46(7)23-47(8)31-57/h9-38H,1-8H3. The fourth-order valence-electron chi connectivity index (χ4n) is 12.0. The fraction of sp³-hybridized carbons (Fsp3) is 0.129. The molecule has 6 heteroatoms. The minimum atomic E-state index is -4.77. The summed E-state index contributed by atoms with van der Waals surface area (Å²) in [6.45, 7) is 16.6. The number of alkyl halides is 3. The second-order valence-corrected chi connectivity index (χ2v) is 21.2. The quantitative estimate of drug-likeness (QED) is 0.157. The SMILES string of the molecule is Cc1cc(C)cc(-c2ccc3c4ccc(-c5cc(C)cc(C)c5)cc4n(-c4cc(C(F)(F)F)cc(-n5c6cc(-c7cc(C)cc(C)c7)ccc6c6ccc(-c7cc(C)cc(C)c7)cc65)c4-c4cccc(C#N)c4)c3c2)c1. The van der Waals surface area contributed by atoms with Gasteiger partial charge in [-0.25, -0.2) is 0 Å². The average Bonchev–Trinajstić information content (AvgIpc) is 3.89. The van der Waals surface area contributed by atoms with Crippen LogP contribution in [0.4, 0.5) is 13.2 Å². The van der Waals surface area contributed by atoms with Crippen molar-refractivity contribution in [2.45, 2.75) is 61.6 Å². The van der Waals surface area contributed by atoms with Crippen molar-refractivity contribution in [1.82, 2.24) is 9.13 Å². The largest absolute Gasteiger partial charge is 0.416 e. The van der Waals surface area contributed by atoms with Crippen LogP contribution in [0.2, 0.25) is 0 Å². The fourth-order valence-corrected chi connectivity index (χ4v) is 12.0. The van der Waals surface area contributed by atoms with Crippen molar-refractivity contribution >= 4 is 43.6 Å². The summed E-state index contributed by atoms with van der Waals surface area (Å²) in [5.74, 6) is 0. The molecule has 12 rings (SSSR count). The molecule has 76 heavy (non-hydrogen) atoms. The van der Waals surface area contributed by atoms with Crippen LogP contribution in [0.5, 0.6) is 0 Å². The van der Waals surface area contributed by atoms with E-state index in [1.165, 1.54) is 12.1 Å². The van der Waals surface area contributed by atoms with Gasteiger partial charge in [-0.3, -0.25) is 0 Å². The van der Waals surface area contributed by atoms with Crippen LogP contribution in [-0.2, 0) is 6.18 Å². The lowest BCUT2D eigenvalue weighted by atomic mass is 9.96. The lowest BCUT2D eigenvalue weighted by molar-refractivity contribution is -0.137. The minimum absolute atomic E-state index is 0.334. The van der Waals surface area contributed by atoms with Crippen LogP contribution in [0, 0.1) is 66.7 Å². The molecule has 0 fully saturated rings. The Morgan fingerprint density at radius 2 is 0.632 bits per heavy atom. The van der Waals surface area contributed by atoms with Gasteiger partial charge in [0.25, 0.3) is 0 Å². The van der Waals surface area contributed by atoms with E-state index >= 15 is 13.2 Å². The normalized spacial score (nSPS) is 11.9. The summed E-state index contributed by atoms with van der Waals surface area (Å²) in [5.41, 5.74) is 21.2. The first kappa shape index (κ1) is 48.0. The Bertz CT molecular complexity index is 3890. The molecular formula is C70H54F3N3. The van der Waals surface area contributed by atoms with Gasteiger partial charge in [0.05, 0.1) is 50.6 Å². The van der Waals surface area contributed by atoms with Crippen molar-refractivity contribution in [2.75, 3.05) is 0 Å². The van der Waals surface area contributed by atoms with Crippen molar-refractivity contribution in [2.24, 2.45) is 0 Å². The van der Waals surface area contributed by atoms with Crippen LogP contribution in [-0.4, -0.2) is 9.13 Å². The highest BCUT2D eigenvalue weighted by Crippen LogP contribution is 2.47. The summed E-state index contributed by atoms with van der Waals surface area (Å²) in [6, 6.07) is 63.5. The summed E-state index contributed by atoms with van der Waals surface area (Å²) >= 11 is 0. The predicted molar refractivity (Wildman–Crippen MR) is 310 cm³/mol. The van der Waals surface area contributed by atoms with Crippen molar-refractivity contribution < 1.29 is 13.2 Å². The van der Waals surface area contributed by atoms with E-state index in [1.807, 2.05) is 21.3 Å². The van der Waals surface area contributed by atoms with Crippen molar-refractivity contribution in [3.63, 3.8) is 0 Å². The van der Waals surface area contributed by atoms with Gasteiger partial charge < -0.3 is 9.13 Å². The number of aryl methyl sites for hydroxylation is 8. The zero-order valence-electron chi connectivity index (χ0n) is 43.8. The average molecular weight is 994 g/mol. The Morgan fingerprint density at radius 3 is 0.908 bits per heavy atom.